The summed E-state index contributed by atoms with van der Waals surface area (Å²) in [5, 5.41) is 0.226. The molecule has 1 aromatic rings. The summed E-state index contributed by atoms with van der Waals surface area (Å²) in [5.41, 5.74) is -0.501. The van der Waals surface area contributed by atoms with Crippen LogP contribution in [0.4, 0.5) is 0 Å². The summed E-state index contributed by atoms with van der Waals surface area (Å²) in [6.45, 7) is 3.10. The van der Waals surface area contributed by atoms with Gasteiger partial charge in [-0.25, -0.2) is 4.79 Å². The van der Waals surface area contributed by atoms with E-state index in [0.29, 0.717) is 31.6 Å². The van der Waals surface area contributed by atoms with Crippen LogP contribution in [0.3, 0.4) is 0 Å². The smallest absolute Gasteiger partial charge is 0.330 e. The summed E-state index contributed by atoms with van der Waals surface area (Å²) in [6, 6.07) is 0. The van der Waals surface area contributed by atoms with E-state index in [9.17, 15) is 9.59 Å². The van der Waals surface area contributed by atoms with Gasteiger partial charge >= 0.3 is 5.69 Å². The molecule has 21 heavy (non-hydrogen) atoms. The maximum absolute atomic E-state index is 12.9. The van der Waals surface area contributed by atoms with Crippen molar-refractivity contribution in [2.24, 2.45) is 0 Å². The lowest BCUT2D eigenvalue weighted by Crippen LogP contribution is -2.51. The quantitative estimate of drug-likeness (QED) is 0.853. The van der Waals surface area contributed by atoms with Gasteiger partial charge in [0.15, 0.2) is 0 Å². The minimum atomic E-state index is -0.485. The fourth-order valence-electron chi connectivity index (χ4n) is 3.62. The minimum Gasteiger partial charge on any atom is -0.381 e. The molecule has 2 aliphatic rings. The van der Waals surface area contributed by atoms with E-state index in [2.05, 4.69) is 4.98 Å². The molecular weight excluding hydrogens is 292 g/mol. The third-order valence-corrected chi connectivity index (χ3v) is 5.26. The highest BCUT2D eigenvalue weighted by Crippen LogP contribution is 2.35. The summed E-state index contributed by atoms with van der Waals surface area (Å²) < 4.78 is 6.75. The van der Waals surface area contributed by atoms with Gasteiger partial charge in [0.05, 0.1) is 11.1 Å². The van der Waals surface area contributed by atoms with Gasteiger partial charge in [0.1, 0.15) is 5.15 Å². The molecule has 1 saturated carbocycles. The fourth-order valence-corrected chi connectivity index (χ4v) is 3.93. The Morgan fingerprint density at radius 1 is 1.24 bits per heavy atom. The van der Waals surface area contributed by atoms with Crippen molar-refractivity contribution in [3.63, 3.8) is 0 Å². The van der Waals surface area contributed by atoms with Crippen LogP contribution in [0.15, 0.2) is 9.59 Å². The predicted octanol–water partition coefficient (Wildman–Crippen LogP) is 2.37. The first-order valence-corrected chi connectivity index (χ1v) is 8.04. The SMILES string of the molecule is CC1(n2c(=O)[nH]c(Cl)c(C3CCCC3)c2=O)CCOCC1. The molecule has 1 aliphatic heterocycles. The molecule has 5 nitrogen and oxygen atoms in total. The van der Waals surface area contributed by atoms with Crippen LogP contribution in [0.1, 0.15) is 56.9 Å². The van der Waals surface area contributed by atoms with Crippen LogP contribution in [0, 0.1) is 0 Å². The maximum atomic E-state index is 12.9. The molecule has 1 N–H and O–H groups in total. The molecule has 3 rings (SSSR count). The van der Waals surface area contributed by atoms with Crippen LogP contribution in [0.2, 0.25) is 5.15 Å². The van der Waals surface area contributed by atoms with Crippen molar-refractivity contribution in [3.8, 4) is 0 Å². The molecule has 116 valence electrons. The molecule has 0 aromatic carbocycles. The Labute approximate surface area is 128 Å². The Morgan fingerprint density at radius 3 is 2.48 bits per heavy atom. The fraction of sp³-hybridized carbons (Fsp3) is 0.733. The predicted molar refractivity (Wildman–Crippen MR) is 81.2 cm³/mol. The first-order chi connectivity index (χ1) is 10.0. The van der Waals surface area contributed by atoms with Crippen LogP contribution >= 0.6 is 11.6 Å². The highest BCUT2D eigenvalue weighted by atomic mass is 35.5. The van der Waals surface area contributed by atoms with Gasteiger partial charge in [-0.15, -0.1) is 0 Å². The van der Waals surface area contributed by atoms with Crippen LogP contribution in [0.5, 0.6) is 0 Å². The molecule has 0 amide bonds. The van der Waals surface area contributed by atoms with Crippen molar-refractivity contribution < 1.29 is 4.74 Å². The molecular formula is C15H21ClN2O3. The van der Waals surface area contributed by atoms with E-state index in [0.717, 1.165) is 25.7 Å². The Balaban J connectivity index is 2.14. The molecule has 0 atom stereocenters. The molecule has 0 unspecified atom stereocenters. The van der Waals surface area contributed by atoms with Gasteiger partial charge in [-0.1, -0.05) is 24.4 Å². The van der Waals surface area contributed by atoms with Gasteiger partial charge < -0.3 is 4.74 Å². The number of hydrogen-bond acceptors (Lipinski definition) is 3. The second kappa shape index (κ2) is 5.61. The number of hydrogen-bond donors (Lipinski definition) is 1. The Bertz CT molecular complexity index is 637. The number of halogens is 1. The lowest BCUT2D eigenvalue weighted by Gasteiger charge is -2.35. The number of aromatic nitrogens is 2. The van der Waals surface area contributed by atoms with E-state index >= 15 is 0 Å². The van der Waals surface area contributed by atoms with E-state index in [-0.39, 0.29) is 16.6 Å². The van der Waals surface area contributed by atoms with Gasteiger partial charge in [0, 0.05) is 13.2 Å². The number of H-pyrrole nitrogens is 1. The standard InChI is InChI=1S/C15H21ClN2O3/c1-15(6-8-21-9-7-15)18-13(19)11(10-4-2-3-5-10)12(16)17-14(18)20/h10H,2-9H2,1H3,(H,17,20). The molecule has 0 radical (unpaired) electrons. The summed E-state index contributed by atoms with van der Waals surface area (Å²) in [5.74, 6) is 0.177. The maximum Gasteiger partial charge on any atom is 0.330 e. The number of aromatic amines is 1. The molecule has 0 bridgehead atoms. The van der Waals surface area contributed by atoms with Gasteiger partial charge in [-0.2, -0.15) is 0 Å². The zero-order chi connectivity index (χ0) is 15.0. The second-order valence-electron chi connectivity index (χ2n) is 6.39. The van der Waals surface area contributed by atoms with E-state index < -0.39 is 11.2 Å². The average molecular weight is 313 g/mol. The third-order valence-electron chi connectivity index (χ3n) is 4.96. The third kappa shape index (κ3) is 2.57. The van der Waals surface area contributed by atoms with Crippen molar-refractivity contribution in [2.75, 3.05) is 13.2 Å². The largest absolute Gasteiger partial charge is 0.381 e. The van der Waals surface area contributed by atoms with Crippen LogP contribution in [-0.4, -0.2) is 22.8 Å². The number of ether oxygens (including phenoxy) is 1. The van der Waals surface area contributed by atoms with Crippen molar-refractivity contribution in [1.82, 2.24) is 9.55 Å². The van der Waals surface area contributed by atoms with E-state index in [1.54, 1.807) is 0 Å². The molecule has 1 aliphatic carbocycles. The lowest BCUT2D eigenvalue weighted by atomic mass is 9.91. The Morgan fingerprint density at radius 2 is 1.86 bits per heavy atom. The van der Waals surface area contributed by atoms with Gasteiger partial charge in [0.2, 0.25) is 0 Å². The van der Waals surface area contributed by atoms with Crippen molar-refractivity contribution in [1.29, 1.82) is 0 Å². The van der Waals surface area contributed by atoms with E-state index in [1.807, 2.05) is 6.92 Å². The molecule has 0 spiro atoms. The number of nitrogens with zero attached hydrogens (tertiary/aromatic N) is 1. The zero-order valence-corrected chi connectivity index (χ0v) is 13.0. The molecule has 2 heterocycles. The number of rotatable bonds is 2. The highest BCUT2D eigenvalue weighted by molar-refractivity contribution is 6.30. The molecule has 6 heteroatoms. The lowest BCUT2D eigenvalue weighted by molar-refractivity contribution is 0.0258. The molecule has 1 saturated heterocycles. The zero-order valence-electron chi connectivity index (χ0n) is 12.3. The molecule has 2 fully saturated rings. The van der Waals surface area contributed by atoms with Gasteiger partial charge in [0.25, 0.3) is 5.56 Å². The monoisotopic (exact) mass is 312 g/mol. The second-order valence-corrected chi connectivity index (χ2v) is 6.77. The summed E-state index contributed by atoms with van der Waals surface area (Å²) in [6.07, 6.45) is 5.51. The Kier molecular flexibility index (Phi) is 3.97. The van der Waals surface area contributed by atoms with Crippen molar-refractivity contribution >= 4 is 11.6 Å². The van der Waals surface area contributed by atoms with Crippen LogP contribution in [-0.2, 0) is 10.3 Å². The first-order valence-electron chi connectivity index (χ1n) is 7.66. The Hall–Kier alpha value is -1.07. The van der Waals surface area contributed by atoms with Crippen LogP contribution in [0.25, 0.3) is 0 Å². The van der Waals surface area contributed by atoms with Crippen molar-refractivity contribution in [2.45, 2.75) is 56.9 Å². The van der Waals surface area contributed by atoms with E-state index in [4.69, 9.17) is 16.3 Å². The van der Waals surface area contributed by atoms with Crippen molar-refractivity contribution in [3.05, 3.63) is 31.6 Å². The topological polar surface area (TPSA) is 64.1 Å². The van der Waals surface area contributed by atoms with Gasteiger partial charge in [-0.3, -0.25) is 14.3 Å². The normalized spacial score (nSPS) is 22.6. The first kappa shape index (κ1) is 14.9. The minimum absolute atomic E-state index is 0.177. The molecule has 1 aromatic heterocycles. The summed E-state index contributed by atoms with van der Waals surface area (Å²) in [4.78, 5) is 27.9. The average Bonchev–Trinajstić information content (AvgIpc) is 2.92. The van der Waals surface area contributed by atoms with Gasteiger partial charge in [-0.05, 0) is 38.5 Å². The number of nitrogens with one attached hydrogen (secondary N) is 1. The summed E-state index contributed by atoms with van der Waals surface area (Å²) >= 11 is 6.18. The van der Waals surface area contributed by atoms with E-state index in [1.165, 1.54) is 4.57 Å². The summed E-state index contributed by atoms with van der Waals surface area (Å²) in [7, 11) is 0. The highest BCUT2D eigenvalue weighted by Gasteiger charge is 2.35. The van der Waals surface area contributed by atoms with Crippen LogP contribution < -0.4 is 11.2 Å².